The first-order chi connectivity index (χ1) is 14.9. The molecule has 0 bridgehead atoms. The summed E-state index contributed by atoms with van der Waals surface area (Å²) in [5.74, 6) is -0.155. The van der Waals surface area contributed by atoms with Crippen LogP contribution < -0.4 is 5.73 Å². The van der Waals surface area contributed by atoms with Gasteiger partial charge in [0.2, 0.25) is 0 Å². The number of aliphatic hydroxyl groups is 1. The lowest BCUT2D eigenvalue weighted by molar-refractivity contribution is -0.137. The van der Waals surface area contributed by atoms with Crippen molar-refractivity contribution >= 4 is 23.8 Å². The standard InChI is InChI=1S/C24H46N2O4S/c1-3-5-6-7-8-9-10-11-12-13-14-17-22(21(27)16-15-18-23(28)29)31-20-19-26(4-2)24(25)30/h14,17,21-22,27H,3-13,15-16,18-20H2,1-2H3,(H2,25,30)(H,28,29)/b17-14-. The number of amides is 2. The Morgan fingerprint density at radius 1 is 1.00 bits per heavy atom. The van der Waals surface area contributed by atoms with Crippen LogP contribution >= 0.6 is 11.8 Å². The van der Waals surface area contributed by atoms with Gasteiger partial charge in [0.15, 0.2) is 0 Å². The second-order valence-electron chi connectivity index (χ2n) is 8.15. The van der Waals surface area contributed by atoms with Gasteiger partial charge in [-0.1, -0.05) is 70.4 Å². The van der Waals surface area contributed by atoms with E-state index in [1.807, 2.05) is 6.92 Å². The third-order valence-electron chi connectivity index (χ3n) is 5.43. The minimum atomic E-state index is -0.836. The predicted molar refractivity (Wildman–Crippen MR) is 132 cm³/mol. The van der Waals surface area contributed by atoms with Crippen LogP contribution in [0.4, 0.5) is 4.79 Å². The maximum atomic E-state index is 11.3. The van der Waals surface area contributed by atoms with Crippen molar-refractivity contribution < 1.29 is 19.8 Å². The highest BCUT2D eigenvalue weighted by molar-refractivity contribution is 8.00. The first-order valence-electron chi connectivity index (χ1n) is 12.1. The average molecular weight is 459 g/mol. The maximum Gasteiger partial charge on any atom is 0.314 e. The number of thioether (sulfide) groups is 1. The number of hydrogen-bond acceptors (Lipinski definition) is 4. The molecule has 0 aromatic rings. The molecule has 4 N–H and O–H groups in total. The van der Waals surface area contributed by atoms with Crippen molar-refractivity contribution in [2.45, 2.75) is 109 Å². The zero-order valence-corrected chi connectivity index (χ0v) is 20.6. The molecule has 0 aromatic carbocycles. The van der Waals surface area contributed by atoms with Gasteiger partial charge in [-0.05, 0) is 32.6 Å². The van der Waals surface area contributed by atoms with Crippen molar-refractivity contribution in [2.75, 3.05) is 18.8 Å². The van der Waals surface area contributed by atoms with Gasteiger partial charge in [0.05, 0.1) is 6.10 Å². The Labute approximate surface area is 194 Å². The Kier molecular flexibility index (Phi) is 19.9. The van der Waals surface area contributed by atoms with E-state index in [2.05, 4.69) is 19.1 Å². The predicted octanol–water partition coefficient (Wildman–Crippen LogP) is 5.58. The van der Waals surface area contributed by atoms with E-state index in [1.165, 1.54) is 51.4 Å². The number of aliphatic carboxylic acids is 1. The van der Waals surface area contributed by atoms with Gasteiger partial charge in [0.25, 0.3) is 0 Å². The number of hydrogen-bond donors (Lipinski definition) is 3. The molecule has 0 aliphatic rings. The van der Waals surface area contributed by atoms with Crippen LogP contribution in [0.2, 0.25) is 0 Å². The van der Waals surface area contributed by atoms with Crippen LogP contribution in [0, 0.1) is 0 Å². The highest BCUT2D eigenvalue weighted by Crippen LogP contribution is 2.21. The molecule has 0 aliphatic heterocycles. The van der Waals surface area contributed by atoms with Gasteiger partial charge in [-0.25, -0.2) is 4.79 Å². The van der Waals surface area contributed by atoms with Crippen molar-refractivity contribution in [3.05, 3.63) is 12.2 Å². The Balaban J connectivity index is 4.29. The lowest BCUT2D eigenvalue weighted by atomic mass is 10.1. The third kappa shape index (κ3) is 18.1. The van der Waals surface area contributed by atoms with Crippen molar-refractivity contribution in [3.8, 4) is 0 Å². The number of carboxylic acid groups (broad SMARTS) is 1. The fraction of sp³-hybridized carbons (Fsp3) is 0.833. The molecule has 0 heterocycles. The lowest BCUT2D eigenvalue weighted by Gasteiger charge is -2.22. The van der Waals surface area contributed by atoms with Gasteiger partial charge in [-0.3, -0.25) is 4.79 Å². The molecular formula is C24H46N2O4S. The summed E-state index contributed by atoms with van der Waals surface area (Å²) in [6, 6.07) is -0.428. The van der Waals surface area contributed by atoms with E-state index in [0.717, 1.165) is 12.8 Å². The van der Waals surface area contributed by atoms with E-state index in [1.54, 1.807) is 16.7 Å². The molecule has 182 valence electrons. The summed E-state index contributed by atoms with van der Waals surface area (Å²) in [7, 11) is 0. The minimum Gasteiger partial charge on any atom is -0.481 e. The van der Waals surface area contributed by atoms with Gasteiger partial charge < -0.3 is 20.8 Å². The van der Waals surface area contributed by atoms with E-state index in [0.29, 0.717) is 31.7 Å². The quantitative estimate of drug-likeness (QED) is 0.154. The van der Waals surface area contributed by atoms with E-state index >= 15 is 0 Å². The van der Waals surface area contributed by atoms with E-state index in [9.17, 15) is 14.7 Å². The summed E-state index contributed by atoms with van der Waals surface area (Å²) in [5.41, 5.74) is 5.36. The topological polar surface area (TPSA) is 104 Å². The number of unbranched alkanes of at least 4 members (excludes halogenated alkanes) is 9. The smallest absolute Gasteiger partial charge is 0.314 e. The first kappa shape index (κ1) is 29.8. The SMILES string of the molecule is CCCCCCCCCCC/C=C\C(SCCN(CC)C(N)=O)C(O)CCCC(=O)O. The largest absolute Gasteiger partial charge is 0.481 e. The van der Waals surface area contributed by atoms with Crippen LogP contribution in [0.1, 0.15) is 97.3 Å². The zero-order chi connectivity index (χ0) is 23.3. The van der Waals surface area contributed by atoms with Gasteiger partial charge in [0, 0.05) is 30.5 Å². The zero-order valence-electron chi connectivity index (χ0n) is 19.8. The van der Waals surface area contributed by atoms with Crippen molar-refractivity contribution in [3.63, 3.8) is 0 Å². The number of urea groups is 1. The second-order valence-corrected chi connectivity index (χ2v) is 9.44. The fourth-order valence-electron chi connectivity index (χ4n) is 3.45. The summed E-state index contributed by atoms with van der Waals surface area (Å²) < 4.78 is 0. The van der Waals surface area contributed by atoms with E-state index in [4.69, 9.17) is 10.8 Å². The number of nitrogens with zero attached hydrogens (tertiary/aromatic N) is 1. The molecule has 0 aromatic heterocycles. The molecule has 6 nitrogen and oxygen atoms in total. The van der Waals surface area contributed by atoms with Crippen LogP contribution in [0.5, 0.6) is 0 Å². The summed E-state index contributed by atoms with van der Waals surface area (Å²) >= 11 is 1.60. The van der Waals surface area contributed by atoms with Crippen molar-refractivity contribution in [1.82, 2.24) is 4.90 Å². The molecule has 2 amide bonds. The Bertz CT molecular complexity index is 488. The molecule has 0 rings (SSSR count). The number of allylic oxidation sites excluding steroid dienone is 1. The summed E-state index contributed by atoms with van der Waals surface area (Å²) in [5, 5.41) is 19.3. The van der Waals surface area contributed by atoms with Crippen molar-refractivity contribution in [2.24, 2.45) is 5.73 Å². The molecule has 0 radical (unpaired) electrons. The fourth-order valence-corrected chi connectivity index (χ4v) is 4.63. The number of primary amides is 1. The molecular weight excluding hydrogens is 412 g/mol. The van der Waals surface area contributed by atoms with Crippen LogP contribution in [-0.4, -0.2) is 57.3 Å². The number of nitrogens with two attached hydrogens (primary N) is 1. The van der Waals surface area contributed by atoms with Crippen LogP contribution in [0.3, 0.4) is 0 Å². The van der Waals surface area contributed by atoms with Crippen molar-refractivity contribution in [1.29, 1.82) is 0 Å². The maximum absolute atomic E-state index is 11.3. The van der Waals surface area contributed by atoms with Crippen LogP contribution in [0.15, 0.2) is 12.2 Å². The van der Waals surface area contributed by atoms with Crippen LogP contribution in [-0.2, 0) is 4.79 Å². The number of rotatable bonds is 21. The molecule has 2 unspecified atom stereocenters. The normalized spacial score (nSPS) is 13.4. The van der Waals surface area contributed by atoms with Crippen LogP contribution in [0.25, 0.3) is 0 Å². The molecule has 0 fully saturated rings. The number of carbonyl (C=O) groups excluding carboxylic acids is 1. The molecule has 0 aliphatic carbocycles. The second kappa shape index (κ2) is 20.7. The number of carbonyl (C=O) groups is 2. The Morgan fingerprint density at radius 2 is 1.61 bits per heavy atom. The molecule has 0 spiro atoms. The van der Waals surface area contributed by atoms with Gasteiger partial charge in [-0.2, -0.15) is 0 Å². The third-order valence-corrected chi connectivity index (χ3v) is 6.71. The highest BCUT2D eigenvalue weighted by Gasteiger charge is 2.18. The molecule has 0 saturated carbocycles. The average Bonchev–Trinajstić information content (AvgIpc) is 2.72. The summed E-state index contributed by atoms with van der Waals surface area (Å²) in [6.45, 7) is 5.24. The lowest BCUT2D eigenvalue weighted by Crippen LogP contribution is -2.37. The minimum absolute atomic E-state index is 0.0713. The van der Waals surface area contributed by atoms with Gasteiger partial charge in [-0.15, -0.1) is 11.8 Å². The monoisotopic (exact) mass is 458 g/mol. The summed E-state index contributed by atoms with van der Waals surface area (Å²) in [4.78, 5) is 23.7. The first-order valence-corrected chi connectivity index (χ1v) is 13.2. The Hall–Kier alpha value is -1.21. The Morgan fingerprint density at radius 3 is 2.16 bits per heavy atom. The number of carboxylic acids is 1. The highest BCUT2D eigenvalue weighted by atomic mass is 32.2. The van der Waals surface area contributed by atoms with Gasteiger partial charge in [0.1, 0.15) is 0 Å². The summed E-state index contributed by atoms with van der Waals surface area (Å²) in [6.07, 6.45) is 17.3. The van der Waals surface area contributed by atoms with Gasteiger partial charge >= 0.3 is 12.0 Å². The van der Waals surface area contributed by atoms with E-state index in [-0.39, 0.29) is 11.7 Å². The number of aliphatic hydroxyl groups excluding tert-OH is 1. The molecule has 31 heavy (non-hydrogen) atoms. The van der Waals surface area contributed by atoms with E-state index < -0.39 is 18.1 Å². The molecule has 7 heteroatoms. The molecule has 2 atom stereocenters. The molecule has 0 saturated heterocycles.